The smallest absolute Gasteiger partial charge is 0.309 e. The second-order valence-corrected chi connectivity index (χ2v) is 6.55. The number of amides is 1. The van der Waals surface area contributed by atoms with Gasteiger partial charge in [-0.1, -0.05) is 0 Å². The number of rotatable bonds is 4. The number of nitrogens with zero attached hydrogens (tertiary/aromatic N) is 4. The summed E-state index contributed by atoms with van der Waals surface area (Å²) in [6, 6.07) is 2.04. The molecule has 24 heavy (non-hydrogen) atoms. The Labute approximate surface area is 142 Å². The van der Waals surface area contributed by atoms with E-state index in [1.54, 1.807) is 0 Å². The number of aromatic nitrogens is 2. The third kappa shape index (κ3) is 3.55. The molecular weight excluding hydrogens is 308 g/mol. The predicted octanol–water partition coefficient (Wildman–Crippen LogP) is 1.20. The van der Waals surface area contributed by atoms with Crippen molar-refractivity contribution in [3.8, 4) is 0 Å². The SMILES string of the molecule is CCOC(=O)C1CCN(C(=O)CN2CCCn3nc(C)cc32)CC1. The maximum absolute atomic E-state index is 12.6. The van der Waals surface area contributed by atoms with Gasteiger partial charge in [0.15, 0.2) is 0 Å². The first-order valence-corrected chi connectivity index (χ1v) is 8.82. The van der Waals surface area contributed by atoms with Crippen molar-refractivity contribution in [2.75, 3.05) is 37.7 Å². The van der Waals surface area contributed by atoms with E-state index in [-0.39, 0.29) is 17.8 Å². The zero-order chi connectivity index (χ0) is 17.1. The first-order valence-electron chi connectivity index (χ1n) is 8.82. The zero-order valence-corrected chi connectivity index (χ0v) is 14.5. The minimum absolute atomic E-state index is 0.0620. The van der Waals surface area contributed by atoms with Crippen LogP contribution in [-0.2, 0) is 20.9 Å². The highest BCUT2D eigenvalue weighted by Crippen LogP contribution is 2.23. The van der Waals surface area contributed by atoms with Crippen LogP contribution in [0.25, 0.3) is 0 Å². The fraction of sp³-hybridized carbons (Fsp3) is 0.706. The normalized spacial score (nSPS) is 18.4. The van der Waals surface area contributed by atoms with E-state index in [0.717, 1.165) is 31.0 Å². The Bertz CT molecular complexity index is 605. The van der Waals surface area contributed by atoms with Gasteiger partial charge in [0, 0.05) is 32.2 Å². The van der Waals surface area contributed by atoms with E-state index in [1.807, 2.05) is 29.5 Å². The molecule has 3 rings (SSSR count). The number of hydrogen-bond donors (Lipinski definition) is 0. The van der Waals surface area contributed by atoms with Crippen molar-refractivity contribution in [2.45, 2.75) is 39.7 Å². The molecule has 1 saturated heterocycles. The van der Waals surface area contributed by atoms with Crippen LogP contribution < -0.4 is 4.90 Å². The third-order valence-electron chi connectivity index (χ3n) is 4.80. The highest BCUT2D eigenvalue weighted by molar-refractivity contribution is 5.82. The summed E-state index contributed by atoms with van der Waals surface area (Å²) >= 11 is 0. The number of likely N-dealkylation sites (tertiary alicyclic amines) is 1. The topological polar surface area (TPSA) is 67.7 Å². The van der Waals surface area contributed by atoms with E-state index in [2.05, 4.69) is 10.00 Å². The number of ether oxygens (including phenoxy) is 1. The van der Waals surface area contributed by atoms with E-state index in [9.17, 15) is 9.59 Å². The van der Waals surface area contributed by atoms with Crippen molar-refractivity contribution in [3.05, 3.63) is 11.8 Å². The number of hydrogen-bond acceptors (Lipinski definition) is 5. The Kier molecular flexibility index (Phi) is 5.06. The number of esters is 1. The lowest BCUT2D eigenvalue weighted by Gasteiger charge is -2.34. The van der Waals surface area contributed by atoms with Gasteiger partial charge in [-0.15, -0.1) is 0 Å². The summed E-state index contributed by atoms with van der Waals surface area (Å²) < 4.78 is 7.06. The van der Waals surface area contributed by atoms with Gasteiger partial charge in [-0.05, 0) is 33.1 Å². The van der Waals surface area contributed by atoms with E-state index in [1.165, 1.54) is 0 Å². The van der Waals surface area contributed by atoms with Gasteiger partial charge in [0.05, 0.1) is 24.8 Å². The minimum Gasteiger partial charge on any atom is -0.466 e. The number of piperidine rings is 1. The molecule has 132 valence electrons. The third-order valence-corrected chi connectivity index (χ3v) is 4.80. The van der Waals surface area contributed by atoms with E-state index < -0.39 is 0 Å². The van der Waals surface area contributed by atoms with Crippen LogP contribution in [-0.4, -0.2) is 59.3 Å². The molecule has 0 spiro atoms. The van der Waals surface area contributed by atoms with Crippen molar-refractivity contribution in [2.24, 2.45) is 5.92 Å². The summed E-state index contributed by atoms with van der Waals surface area (Å²) in [5.74, 6) is 0.978. The maximum atomic E-state index is 12.6. The lowest BCUT2D eigenvalue weighted by Crippen LogP contribution is -2.46. The molecule has 0 radical (unpaired) electrons. The Hall–Kier alpha value is -2.05. The molecule has 1 aromatic rings. The Morgan fingerprint density at radius 2 is 2.00 bits per heavy atom. The molecule has 3 heterocycles. The molecule has 1 aromatic heterocycles. The highest BCUT2D eigenvalue weighted by atomic mass is 16.5. The minimum atomic E-state index is -0.125. The summed E-state index contributed by atoms with van der Waals surface area (Å²) in [6.45, 7) is 7.67. The summed E-state index contributed by atoms with van der Waals surface area (Å²) in [5.41, 5.74) is 0.986. The summed E-state index contributed by atoms with van der Waals surface area (Å²) in [4.78, 5) is 28.4. The first kappa shape index (κ1) is 16.8. The molecule has 0 bridgehead atoms. The molecule has 1 amide bonds. The van der Waals surface area contributed by atoms with Crippen molar-refractivity contribution in [1.82, 2.24) is 14.7 Å². The van der Waals surface area contributed by atoms with Crippen LogP contribution in [0.2, 0.25) is 0 Å². The van der Waals surface area contributed by atoms with Crippen molar-refractivity contribution < 1.29 is 14.3 Å². The molecule has 0 aromatic carbocycles. The zero-order valence-electron chi connectivity index (χ0n) is 14.5. The van der Waals surface area contributed by atoms with Crippen LogP contribution in [0, 0.1) is 12.8 Å². The number of carbonyl (C=O) groups is 2. The number of fused-ring (bicyclic) bond motifs is 1. The highest BCUT2D eigenvalue weighted by Gasteiger charge is 2.29. The molecule has 0 aliphatic carbocycles. The van der Waals surface area contributed by atoms with E-state index in [0.29, 0.717) is 39.1 Å². The molecule has 0 unspecified atom stereocenters. The van der Waals surface area contributed by atoms with E-state index >= 15 is 0 Å². The molecule has 7 heteroatoms. The largest absolute Gasteiger partial charge is 0.466 e. The summed E-state index contributed by atoms with van der Waals surface area (Å²) in [6.07, 6.45) is 2.40. The van der Waals surface area contributed by atoms with Crippen molar-refractivity contribution in [1.29, 1.82) is 0 Å². The van der Waals surface area contributed by atoms with Crippen LogP contribution >= 0.6 is 0 Å². The van der Waals surface area contributed by atoms with Crippen LogP contribution in [0.15, 0.2) is 6.07 Å². The van der Waals surface area contributed by atoms with Crippen molar-refractivity contribution >= 4 is 17.7 Å². The van der Waals surface area contributed by atoms with Crippen LogP contribution in [0.3, 0.4) is 0 Å². The van der Waals surface area contributed by atoms with Gasteiger partial charge in [-0.3, -0.25) is 9.59 Å². The van der Waals surface area contributed by atoms with Gasteiger partial charge >= 0.3 is 5.97 Å². The van der Waals surface area contributed by atoms with Crippen LogP contribution in [0.1, 0.15) is 31.9 Å². The number of aryl methyl sites for hydroxylation is 2. The Balaban J connectivity index is 1.54. The number of anilines is 1. The second kappa shape index (κ2) is 7.23. The molecule has 0 atom stereocenters. The molecule has 0 N–H and O–H groups in total. The Morgan fingerprint density at radius 1 is 1.25 bits per heavy atom. The van der Waals surface area contributed by atoms with Gasteiger partial charge < -0.3 is 14.5 Å². The molecule has 7 nitrogen and oxygen atoms in total. The molecular formula is C17H26N4O3. The maximum Gasteiger partial charge on any atom is 0.309 e. The van der Waals surface area contributed by atoms with Gasteiger partial charge in [0.2, 0.25) is 5.91 Å². The summed E-state index contributed by atoms with van der Waals surface area (Å²) in [5, 5.41) is 4.47. The monoisotopic (exact) mass is 334 g/mol. The van der Waals surface area contributed by atoms with Gasteiger partial charge in [-0.25, -0.2) is 4.68 Å². The lowest BCUT2D eigenvalue weighted by atomic mass is 9.97. The average molecular weight is 334 g/mol. The predicted molar refractivity (Wildman–Crippen MR) is 89.7 cm³/mol. The average Bonchev–Trinajstić information content (AvgIpc) is 2.96. The van der Waals surface area contributed by atoms with Gasteiger partial charge in [0.1, 0.15) is 5.82 Å². The Morgan fingerprint density at radius 3 is 2.71 bits per heavy atom. The molecule has 2 aliphatic rings. The van der Waals surface area contributed by atoms with Crippen LogP contribution in [0.5, 0.6) is 0 Å². The summed E-state index contributed by atoms with van der Waals surface area (Å²) in [7, 11) is 0. The lowest BCUT2D eigenvalue weighted by molar-refractivity contribution is -0.151. The standard InChI is InChI=1S/C17H26N4O3/c1-3-24-17(23)14-5-9-19(10-6-14)16(22)12-20-7-4-8-21-15(20)11-13(2)18-21/h11,14H,3-10,12H2,1-2H3. The quantitative estimate of drug-likeness (QED) is 0.774. The van der Waals surface area contributed by atoms with E-state index in [4.69, 9.17) is 4.74 Å². The number of carbonyl (C=O) groups excluding carboxylic acids is 2. The first-order chi connectivity index (χ1) is 11.6. The van der Waals surface area contributed by atoms with Gasteiger partial charge in [0.25, 0.3) is 0 Å². The molecule has 1 fully saturated rings. The van der Waals surface area contributed by atoms with Crippen molar-refractivity contribution in [3.63, 3.8) is 0 Å². The van der Waals surface area contributed by atoms with Gasteiger partial charge in [-0.2, -0.15) is 5.10 Å². The molecule has 2 aliphatic heterocycles. The molecule has 0 saturated carbocycles. The fourth-order valence-corrected chi connectivity index (χ4v) is 3.52. The fourth-order valence-electron chi connectivity index (χ4n) is 3.52. The second-order valence-electron chi connectivity index (χ2n) is 6.55. The van der Waals surface area contributed by atoms with Crippen LogP contribution in [0.4, 0.5) is 5.82 Å².